The van der Waals surface area contributed by atoms with Crippen LogP contribution >= 0.6 is 0 Å². The number of carbonyl (C=O) groups excluding carboxylic acids is 4. The van der Waals surface area contributed by atoms with Crippen LogP contribution in [0.1, 0.15) is 44.6 Å². The molecule has 0 aliphatic rings. The van der Waals surface area contributed by atoms with E-state index in [1.165, 1.54) is 31.2 Å². The second-order valence-corrected chi connectivity index (χ2v) is 8.46. The van der Waals surface area contributed by atoms with Crippen molar-refractivity contribution in [2.75, 3.05) is 6.54 Å². The average Bonchev–Trinajstić information content (AvgIpc) is 2.82. The Labute approximate surface area is 209 Å². The summed E-state index contributed by atoms with van der Waals surface area (Å²) in [6.07, 6.45) is 1.22. The summed E-state index contributed by atoms with van der Waals surface area (Å²) in [5.41, 5.74) is 16.9. The van der Waals surface area contributed by atoms with Crippen LogP contribution in [0.15, 0.2) is 24.3 Å². The van der Waals surface area contributed by atoms with Crippen LogP contribution in [0.4, 0.5) is 0 Å². The Hall–Kier alpha value is -3.71. The molecule has 4 atom stereocenters. The van der Waals surface area contributed by atoms with E-state index in [1.54, 1.807) is 0 Å². The molecule has 0 fully saturated rings. The number of hydrogen-bond donors (Lipinski definition) is 8. The number of amides is 4. The van der Waals surface area contributed by atoms with Crippen molar-refractivity contribution >= 4 is 29.6 Å². The molecule has 1 rings (SSSR count). The highest BCUT2D eigenvalue weighted by Crippen LogP contribution is 2.12. The summed E-state index contributed by atoms with van der Waals surface area (Å²) in [5.74, 6) is -4.15. The van der Waals surface area contributed by atoms with Gasteiger partial charge in [0.25, 0.3) is 0 Å². The van der Waals surface area contributed by atoms with Gasteiger partial charge in [0, 0.05) is 12.8 Å². The van der Waals surface area contributed by atoms with E-state index in [0.717, 1.165) is 0 Å². The number of rotatable bonds is 16. The molecule has 11 N–H and O–H groups in total. The maximum Gasteiger partial charge on any atom is 0.326 e. The van der Waals surface area contributed by atoms with Crippen molar-refractivity contribution in [1.82, 2.24) is 16.0 Å². The molecule has 13 heteroatoms. The SMILES string of the molecule is CC(NC(=O)C(N)CCCCN)C(=O)NC(CCC(N)=O)C(=O)NC(Cc1ccc(O)cc1)C(=O)O. The van der Waals surface area contributed by atoms with Gasteiger partial charge in [0.2, 0.25) is 23.6 Å². The highest BCUT2D eigenvalue weighted by Gasteiger charge is 2.29. The van der Waals surface area contributed by atoms with E-state index in [2.05, 4.69) is 16.0 Å². The van der Waals surface area contributed by atoms with E-state index >= 15 is 0 Å². The third-order valence-corrected chi connectivity index (χ3v) is 5.36. The highest BCUT2D eigenvalue weighted by atomic mass is 16.4. The average molecular weight is 509 g/mol. The summed E-state index contributed by atoms with van der Waals surface area (Å²) in [6.45, 7) is 1.87. The van der Waals surface area contributed by atoms with E-state index in [0.29, 0.717) is 31.4 Å². The molecule has 0 spiro atoms. The maximum atomic E-state index is 12.9. The number of hydrogen-bond acceptors (Lipinski definition) is 8. The molecule has 0 saturated carbocycles. The van der Waals surface area contributed by atoms with Crippen molar-refractivity contribution in [3.63, 3.8) is 0 Å². The van der Waals surface area contributed by atoms with Crippen molar-refractivity contribution in [3.05, 3.63) is 29.8 Å². The number of benzene rings is 1. The number of aromatic hydroxyl groups is 1. The lowest BCUT2D eigenvalue weighted by molar-refractivity contribution is -0.142. The summed E-state index contributed by atoms with van der Waals surface area (Å²) in [7, 11) is 0. The molecule has 0 aliphatic carbocycles. The molecule has 0 bridgehead atoms. The molecular weight excluding hydrogens is 472 g/mol. The molecule has 36 heavy (non-hydrogen) atoms. The highest BCUT2D eigenvalue weighted by molar-refractivity contribution is 5.94. The lowest BCUT2D eigenvalue weighted by atomic mass is 10.0. The van der Waals surface area contributed by atoms with Gasteiger partial charge >= 0.3 is 5.97 Å². The number of carboxylic acids is 1. The summed E-state index contributed by atoms with van der Waals surface area (Å²) < 4.78 is 0. The van der Waals surface area contributed by atoms with Crippen molar-refractivity contribution in [1.29, 1.82) is 0 Å². The minimum atomic E-state index is -1.35. The molecular formula is C23H36N6O7. The molecule has 200 valence electrons. The second kappa shape index (κ2) is 15.3. The fraction of sp³-hybridized carbons (Fsp3) is 0.522. The molecule has 0 saturated heterocycles. The normalized spacial score (nSPS) is 14.1. The predicted molar refractivity (Wildman–Crippen MR) is 130 cm³/mol. The first-order valence-electron chi connectivity index (χ1n) is 11.6. The molecule has 1 aromatic rings. The Morgan fingerprint density at radius 1 is 0.889 bits per heavy atom. The van der Waals surface area contributed by atoms with Gasteiger partial charge in [-0.1, -0.05) is 18.6 Å². The van der Waals surface area contributed by atoms with Gasteiger partial charge in [0.1, 0.15) is 23.9 Å². The fourth-order valence-electron chi connectivity index (χ4n) is 3.22. The largest absolute Gasteiger partial charge is 0.508 e. The predicted octanol–water partition coefficient (Wildman–Crippen LogP) is -1.78. The van der Waals surface area contributed by atoms with Crippen LogP contribution in [0.3, 0.4) is 0 Å². The Balaban J connectivity index is 2.83. The quantitative estimate of drug-likeness (QED) is 0.117. The van der Waals surface area contributed by atoms with Gasteiger partial charge in [0.15, 0.2) is 0 Å². The summed E-state index contributed by atoms with van der Waals surface area (Å²) in [5, 5.41) is 26.2. The molecule has 0 aromatic heterocycles. The van der Waals surface area contributed by atoms with Crippen LogP contribution in [0.5, 0.6) is 5.75 Å². The van der Waals surface area contributed by atoms with Gasteiger partial charge in [-0.25, -0.2) is 4.79 Å². The second-order valence-electron chi connectivity index (χ2n) is 8.46. The molecule has 1 aromatic carbocycles. The van der Waals surface area contributed by atoms with Gasteiger partial charge in [0.05, 0.1) is 6.04 Å². The van der Waals surface area contributed by atoms with Gasteiger partial charge in [-0.05, 0) is 50.4 Å². The molecule has 0 radical (unpaired) electrons. The molecule has 0 aliphatic heterocycles. The summed E-state index contributed by atoms with van der Waals surface area (Å²) in [4.78, 5) is 60.7. The summed E-state index contributed by atoms with van der Waals surface area (Å²) in [6, 6.07) is 1.25. The first-order chi connectivity index (χ1) is 16.9. The van der Waals surface area contributed by atoms with Crippen molar-refractivity contribution in [2.45, 2.75) is 69.6 Å². The van der Waals surface area contributed by atoms with Gasteiger partial charge < -0.3 is 43.4 Å². The molecule has 4 unspecified atom stereocenters. The number of carbonyl (C=O) groups is 5. The van der Waals surface area contributed by atoms with Crippen LogP contribution in [0, 0.1) is 0 Å². The van der Waals surface area contributed by atoms with Gasteiger partial charge in [-0.2, -0.15) is 0 Å². The Morgan fingerprint density at radius 2 is 1.50 bits per heavy atom. The van der Waals surface area contributed by atoms with Gasteiger partial charge in [-0.3, -0.25) is 19.2 Å². The third-order valence-electron chi connectivity index (χ3n) is 5.36. The van der Waals surface area contributed by atoms with E-state index < -0.39 is 53.8 Å². The lowest BCUT2D eigenvalue weighted by Crippen LogP contribution is -2.56. The van der Waals surface area contributed by atoms with Gasteiger partial charge in [-0.15, -0.1) is 0 Å². The zero-order chi connectivity index (χ0) is 27.3. The van der Waals surface area contributed by atoms with Crippen molar-refractivity contribution in [3.8, 4) is 5.75 Å². The minimum Gasteiger partial charge on any atom is -0.508 e. The smallest absolute Gasteiger partial charge is 0.326 e. The van der Waals surface area contributed by atoms with Crippen LogP contribution in [0.25, 0.3) is 0 Å². The number of aliphatic carboxylic acids is 1. The van der Waals surface area contributed by atoms with E-state index in [-0.39, 0.29) is 25.0 Å². The van der Waals surface area contributed by atoms with Crippen LogP contribution in [0.2, 0.25) is 0 Å². The van der Waals surface area contributed by atoms with E-state index in [4.69, 9.17) is 17.2 Å². The van der Waals surface area contributed by atoms with E-state index in [9.17, 15) is 34.2 Å². The third kappa shape index (κ3) is 11.1. The minimum absolute atomic E-state index is 0.00150. The van der Waals surface area contributed by atoms with Crippen molar-refractivity contribution < 1.29 is 34.2 Å². The number of nitrogens with one attached hydrogen (secondary N) is 3. The first-order valence-corrected chi connectivity index (χ1v) is 11.6. The topological polar surface area (TPSA) is 240 Å². The number of carboxylic acid groups (broad SMARTS) is 1. The van der Waals surface area contributed by atoms with E-state index in [1.807, 2.05) is 0 Å². The summed E-state index contributed by atoms with van der Waals surface area (Å²) >= 11 is 0. The maximum absolute atomic E-state index is 12.9. The lowest BCUT2D eigenvalue weighted by Gasteiger charge is -2.23. The first kappa shape index (κ1) is 30.3. The fourth-order valence-corrected chi connectivity index (χ4v) is 3.22. The zero-order valence-electron chi connectivity index (χ0n) is 20.2. The Bertz CT molecular complexity index is 909. The molecule has 0 heterocycles. The van der Waals surface area contributed by atoms with Crippen LogP contribution < -0.4 is 33.2 Å². The number of primary amides is 1. The number of phenols is 1. The van der Waals surface area contributed by atoms with Crippen LogP contribution in [-0.2, 0) is 30.4 Å². The number of phenolic OH excluding ortho intramolecular Hbond substituents is 1. The number of nitrogens with two attached hydrogens (primary N) is 3. The Kier molecular flexibility index (Phi) is 12.9. The van der Waals surface area contributed by atoms with Crippen LogP contribution in [-0.4, -0.2) is 70.5 Å². The zero-order valence-corrected chi connectivity index (χ0v) is 20.2. The van der Waals surface area contributed by atoms with Crippen molar-refractivity contribution in [2.24, 2.45) is 17.2 Å². The number of unbranched alkanes of at least 4 members (excludes halogenated alkanes) is 1. The molecule has 4 amide bonds. The standard InChI is InChI=1S/C23H36N6O7/c1-13(27-21(33)16(25)4-2-3-11-24)20(32)28-17(9-10-19(26)31)22(34)29-18(23(35)36)12-14-5-7-15(30)8-6-14/h5-8,13,16-18,30H,2-4,9-12,24-25H2,1H3,(H2,26,31)(H,27,33)(H,28,32)(H,29,34)(H,35,36). The Morgan fingerprint density at radius 3 is 2.06 bits per heavy atom. The monoisotopic (exact) mass is 508 g/mol. The molecule has 13 nitrogen and oxygen atoms in total.